The molecule has 0 aromatic rings. The predicted octanol–water partition coefficient (Wildman–Crippen LogP) is 2.69. The molecule has 88 valence electrons. The van der Waals surface area contributed by atoms with Crippen molar-refractivity contribution in [1.82, 2.24) is 0 Å². The highest BCUT2D eigenvalue weighted by Gasteiger charge is 2.35. The van der Waals surface area contributed by atoms with E-state index in [2.05, 4.69) is 0 Å². The summed E-state index contributed by atoms with van der Waals surface area (Å²) >= 11 is 0. The van der Waals surface area contributed by atoms with Crippen molar-refractivity contribution in [2.75, 3.05) is 0 Å². The number of unbranched alkanes of at least 4 members (excludes halogenated alkanes) is 2. The third-order valence-corrected chi connectivity index (χ3v) is 3.96. The minimum Gasteiger partial charge on any atom is -0.334 e. The molecular weight excluding hydrogens is 215 g/mol. The highest BCUT2D eigenvalue weighted by Crippen LogP contribution is 2.45. The molecule has 0 radical (unpaired) electrons. The van der Waals surface area contributed by atoms with Gasteiger partial charge in [0.1, 0.15) is 0 Å². The van der Waals surface area contributed by atoms with Crippen LogP contribution in [0.15, 0.2) is 0 Å². The Morgan fingerprint density at radius 2 is 1.33 bits per heavy atom. The summed E-state index contributed by atoms with van der Waals surface area (Å²) in [4.78, 5) is 31.9. The Bertz CT molecular complexity index is 249. The molecule has 0 aromatic carbocycles. The van der Waals surface area contributed by atoms with Crippen molar-refractivity contribution in [3.63, 3.8) is 0 Å². The van der Waals surface area contributed by atoms with Gasteiger partial charge in [-0.2, -0.15) is 0 Å². The van der Waals surface area contributed by atoms with E-state index in [1.807, 2.05) is 13.8 Å². The van der Waals surface area contributed by atoms with Crippen LogP contribution in [0.3, 0.4) is 0 Å². The van der Waals surface area contributed by atoms with E-state index in [0.717, 1.165) is 12.8 Å². The molecular formula is C10H19O4P. The lowest BCUT2D eigenvalue weighted by atomic mass is 10.3. The van der Waals surface area contributed by atoms with E-state index >= 15 is 0 Å². The van der Waals surface area contributed by atoms with Gasteiger partial charge in [0.05, 0.1) is 0 Å². The summed E-state index contributed by atoms with van der Waals surface area (Å²) in [6, 6.07) is 0. The summed E-state index contributed by atoms with van der Waals surface area (Å²) in [7, 11) is -4.21. The molecule has 0 aliphatic rings. The lowest BCUT2D eigenvalue weighted by Crippen LogP contribution is -2.08. The van der Waals surface area contributed by atoms with Crippen molar-refractivity contribution in [2.45, 2.75) is 52.4 Å². The van der Waals surface area contributed by atoms with E-state index in [1.54, 1.807) is 0 Å². The van der Waals surface area contributed by atoms with Gasteiger partial charge in [0, 0.05) is 12.8 Å². The van der Waals surface area contributed by atoms with Gasteiger partial charge in [-0.25, -0.2) is 0 Å². The van der Waals surface area contributed by atoms with Crippen molar-refractivity contribution >= 4 is 18.4 Å². The Hall–Kier alpha value is -0.470. The molecule has 0 spiro atoms. The third kappa shape index (κ3) is 4.72. The maximum atomic E-state index is 11.5. The van der Waals surface area contributed by atoms with Crippen LogP contribution in [0.5, 0.6) is 0 Å². The minimum atomic E-state index is -4.21. The predicted molar refractivity (Wildman–Crippen MR) is 58.9 cm³/mol. The zero-order valence-electron chi connectivity index (χ0n) is 9.36. The van der Waals surface area contributed by atoms with Crippen LogP contribution >= 0.6 is 7.37 Å². The minimum absolute atomic E-state index is 0.0299. The Kier molecular flexibility index (Phi) is 6.70. The quantitative estimate of drug-likeness (QED) is 0.655. The second kappa shape index (κ2) is 6.91. The number of hydrogen-bond acceptors (Lipinski definition) is 3. The maximum Gasteiger partial charge on any atom is 0.328 e. The van der Waals surface area contributed by atoms with Crippen LogP contribution in [0.25, 0.3) is 0 Å². The van der Waals surface area contributed by atoms with E-state index in [1.165, 1.54) is 0 Å². The van der Waals surface area contributed by atoms with Crippen LogP contribution in [0.1, 0.15) is 52.4 Å². The Morgan fingerprint density at radius 1 is 1.00 bits per heavy atom. The number of carbonyl (C=O) groups excluding carboxylic acids is 2. The topological polar surface area (TPSA) is 71.4 Å². The highest BCUT2D eigenvalue weighted by atomic mass is 31.2. The Labute approximate surface area is 90.5 Å². The molecule has 0 fully saturated rings. The van der Waals surface area contributed by atoms with Gasteiger partial charge in [-0.05, 0) is 12.8 Å². The first-order chi connectivity index (χ1) is 6.96. The molecule has 0 saturated heterocycles. The van der Waals surface area contributed by atoms with Gasteiger partial charge in [0.2, 0.25) is 11.0 Å². The van der Waals surface area contributed by atoms with E-state index in [0.29, 0.717) is 12.8 Å². The Morgan fingerprint density at radius 3 is 1.60 bits per heavy atom. The summed E-state index contributed by atoms with van der Waals surface area (Å²) in [5.74, 6) is 0. The number of carbonyl (C=O) groups is 2. The number of rotatable bonds is 8. The van der Waals surface area contributed by atoms with Crippen LogP contribution in [-0.2, 0) is 14.2 Å². The van der Waals surface area contributed by atoms with E-state index in [4.69, 9.17) is 0 Å². The van der Waals surface area contributed by atoms with Gasteiger partial charge in [0.25, 0.3) is 0 Å². The molecule has 1 N–H and O–H groups in total. The SMILES string of the molecule is CCCCC(=O)P(=O)(O)C(=O)CCCC. The van der Waals surface area contributed by atoms with Crippen LogP contribution < -0.4 is 0 Å². The molecule has 0 aliphatic carbocycles. The van der Waals surface area contributed by atoms with Gasteiger partial charge in [-0.1, -0.05) is 26.7 Å². The normalized spacial score (nSPS) is 11.4. The maximum absolute atomic E-state index is 11.5. The lowest BCUT2D eigenvalue weighted by molar-refractivity contribution is -0.116. The van der Waals surface area contributed by atoms with Crippen molar-refractivity contribution in [1.29, 1.82) is 0 Å². The number of hydrogen-bond donors (Lipinski definition) is 1. The van der Waals surface area contributed by atoms with Crippen LogP contribution in [-0.4, -0.2) is 15.9 Å². The monoisotopic (exact) mass is 234 g/mol. The zero-order chi connectivity index (χ0) is 11.9. The molecule has 0 atom stereocenters. The average Bonchev–Trinajstić information content (AvgIpc) is 2.21. The third-order valence-electron chi connectivity index (χ3n) is 2.16. The van der Waals surface area contributed by atoms with Crippen molar-refractivity contribution in [3.8, 4) is 0 Å². The van der Waals surface area contributed by atoms with E-state index < -0.39 is 18.4 Å². The van der Waals surface area contributed by atoms with E-state index in [9.17, 15) is 19.0 Å². The fourth-order valence-electron chi connectivity index (χ4n) is 1.10. The van der Waals surface area contributed by atoms with Crippen molar-refractivity contribution in [3.05, 3.63) is 0 Å². The van der Waals surface area contributed by atoms with Gasteiger partial charge >= 0.3 is 7.37 Å². The molecule has 0 heterocycles. The largest absolute Gasteiger partial charge is 0.334 e. The zero-order valence-corrected chi connectivity index (χ0v) is 10.3. The Balaban J connectivity index is 4.32. The smallest absolute Gasteiger partial charge is 0.328 e. The van der Waals surface area contributed by atoms with E-state index in [-0.39, 0.29) is 12.8 Å². The fraction of sp³-hybridized carbons (Fsp3) is 0.800. The molecule has 0 aromatic heterocycles. The molecule has 0 rings (SSSR count). The van der Waals surface area contributed by atoms with Crippen LogP contribution in [0.2, 0.25) is 0 Å². The molecule has 5 heteroatoms. The van der Waals surface area contributed by atoms with Gasteiger partial charge in [-0.15, -0.1) is 0 Å². The van der Waals surface area contributed by atoms with Crippen LogP contribution in [0.4, 0.5) is 0 Å². The second-order valence-corrected chi connectivity index (χ2v) is 5.72. The summed E-state index contributed by atoms with van der Waals surface area (Å²) in [5.41, 5.74) is -1.57. The molecule has 0 aliphatic heterocycles. The summed E-state index contributed by atoms with van der Waals surface area (Å²) in [6.07, 6.45) is 2.73. The fourth-order valence-corrected chi connectivity index (χ4v) is 2.30. The van der Waals surface area contributed by atoms with Gasteiger partial charge in [0.15, 0.2) is 0 Å². The first-order valence-electron chi connectivity index (χ1n) is 5.36. The molecule has 0 amide bonds. The highest BCUT2D eigenvalue weighted by molar-refractivity contribution is 7.89. The average molecular weight is 234 g/mol. The molecule has 4 nitrogen and oxygen atoms in total. The van der Waals surface area contributed by atoms with Crippen molar-refractivity contribution < 1.29 is 19.0 Å². The lowest BCUT2D eigenvalue weighted by Gasteiger charge is -2.08. The summed E-state index contributed by atoms with van der Waals surface area (Å²) in [5, 5.41) is 0. The van der Waals surface area contributed by atoms with Gasteiger partial charge < -0.3 is 4.89 Å². The molecule has 0 unspecified atom stereocenters. The molecule has 15 heavy (non-hydrogen) atoms. The standard InChI is InChI=1S/C10H19O4P/c1-3-5-7-9(11)15(13,14)10(12)8-6-4-2/h3-8H2,1-2H3,(H,13,14). The molecule has 0 bridgehead atoms. The second-order valence-electron chi connectivity index (χ2n) is 3.57. The molecule has 0 saturated carbocycles. The first kappa shape index (κ1) is 14.5. The first-order valence-corrected chi connectivity index (χ1v) is 7.02. The summed E-state index contributed by atoms with van der Waals surface area (Å²) < 4.78 is 11.5. The van der Waals surface area contributed by atoms with Crippen LogP contribution in [0, 0.1) is 0 Å². The van der Waals surface area contributed by atoms with Crippen molar-refractivity contribution in [2.24, 2.45) is 0 Å². The van der Waals surface area contributed by atoms with Gasteiger partial charge in [-0.3, -0.25) is 14.2 Å². The summed E-state index contributed by atoms with van der Waals surface area (Å²) in [6.45, 7) is 3.77.